The van der Waals surface area contributed by atoms with Gasteiger partial charge in [-0.25, -0.2) is 14.8 Å². The summed E-state index contributed by atoms with van der Waals surface area (Å²) in [5.41, 5.74) is 2.90. The van der Waals surface area contributed by atoms with Crippen LogP contribution in [0.15, 0.2) is 0 Å². The third-order valence-corrected chi connectivity index (χ3v) is 5.68. The normalized spacial score (nSPS) is 25.2. The van der Waals surface area contributed by atoms with Crippen molar-refractivity contribution in [2.45, 2.75) is 45.3 Å². The maximum atomic E-state index is 12.5. The number of fused-ring (bicyclic) bond motifs is 2. The second-order valence-corrected chi connectivity index (χ2v) is 8.08. The quantitative estimate of drug-likeness (QED) is 0.837. The average molecular weight is 375 g/mol. The number of likely N-dealkylation sites (tertiary alicyclic amines) is 1. The third-order valence-electron chi connectivity index (χ3n) is 5.68. The molecule has 0 aliphatic carbocycles. The molecular formula is C19H29N5O3. The van der Waals surface area contributed by atoms with E-state index in [2.05, 4.69) is 10.2 Å². The van der Waals surface area contributed by atoms with E-state index >= 15 is 0 Å². The van der Waals surface area contributed by atoms with Gasteiger partial charge in [-0.2, -0.15) is 0 Å². The standard InChI is InChI=1S/C19H29N5O3/c1-13(2)20-18(25)24-5-4-19(11-24)12-27-10-15-14(3)21-17(22-16(15)19)23-6-8-26-9-7-23/h13H,4-12H2,1-3H3,(H,20,25). The lowest BCUT2D eigenvalue weighted by Crippen LogP contribution is -2.46. The molecule has 1 aromatic heterocycles. The number of aryl methyl sites for hydroxylation is 1. The Morgan fingerprint density at radius 2 is 1.96 bits per heavy atom. The number of ether oxygens (including phenoxy) is 2. The van der Waals surface area contributed by atoms with Gasteiger partial charge in [0, 0.05) is 43.5 Å². The van der Waals surface area contributed by atoms with Crippen LogP contribution in [0.4, 0.5) is 10.7 Å². The molecule has 2 fully saturated rings. The van der Waals surface area contributed by atoms with Gasteiger partial charge in [0.05, 0.1) is 37.5 Å². The van der Waals surface area contributed by atoms with Crippen molar-refractivity contribution >= 4 is 12.0 Å². The molecule has 8 nitrogen and oxygen atoms in total. The summed E-state index contributed by atoms with van der Waals surface area (Å²) >= 11 is 0. The highest BCUT2D eigenvalue weighted by Crippen LogP contribution is 2.40. The molecular weight excluding hydrogens is 346 g/mol. The number of morpholine rings is 1. The maximum Gasteiger partial charge on any atom is 0.317 e. The number of rotatable bonds is 2. The number of carbonyl (C=O) groups is 1. The monoisotopic (exact) mass is 375 g/mol. The Bertz CT molecular complexity index is 720. The van der Waals surface area contributed by atoms with Crippen molar-refractivity contribution in [2.24, 2.45) is 0 Å². The van der Waals surface area contributed by atoms with E-state index in [1.54, 1.807) is 0 Å². The maximum absolute atomic E-state index is 12.5. The van der Waals surface area contributed by atoms with Crippen molar-refractivity contribution in [3.8, 4) is 0 Å². The first-order valence-corrected chi connectivity index (χ1v) is 9.82. The van der Waals surface area contributed by atoms with Crippen molar-refractivity contribution < 1.29 is 14.3 Å². The molecule has 1 atom stereocenters. The summed E-state index contributed by atoms with van der Waals surface area (Å²) in [6.45, 7) is 11.5. The number of anilines is 1. The van der Waals surface area contributed by atoms with Crippen LogP contribution in [0.1, 0.15) is 37.2 Å². The molecule has 8 heteroatoms. The van der Waals surface area contributed by atoms with Crippen LogP contribution < -0.4 is 10.2 Å². The Morgan fingerprint density at radius 3 is 2.70 bits per heavy atom. The molecule has 148 valence electrons. The number of nitrogens with zero attached hydrogens (tertiary/aromatic N) is 4. The van der Waals surface area contributed by atoms with E-state index < -0.39 is 0 Å². The van der Waals surface area contributed by atoms with Gasteiger partial charge in [-0.15, -0.1) is 0 Å². The zero-order valence-corrected chi connectivity index (χ0v) is 16.5. The van der Waals surface area contributed by atoms with Crippen LogP contribution in [0.25, 0.3) is 0 Å². The van der Waals surface area contributed by atoms with Crippen LogP contribution >= 0.6 is 0 Å². The Hall–Kier alpha value is -1.93. The van der Waals surface area contributed by atoms with Gasteiger partial charge in [0.25, 0.3) is 0 Å². The highest BCUT2D eigenvalue weighted by Gasteiger charge is 2.47. The molecule has 0 radical (unpaired) electrons. The fourth-order valence-corrected chi connectivity index (χ4v) is 4.21. The van der Waals surface area contributed by atoms with E-state index in [4.69, 9.17) is 19.4 Å². The van der Waals surface area contributed by atoms with Gasteiger partial charge in [-0.1, -0.05) is 0 Å². The van der Waals surface area contributed by atoms with E-state index in [9.17, 15) is 4.79 Å². The molecule has 1 N–H and O–H groups in total. The van der Waals surface area contributed by atoms with Gasteiger partial charge >= 0.3 is 6.03 Å². The Kier molecular flexibility index (Phi) is 4.94. The minimum Gasteiger partial charge on any atom is -0.378 e. The number of amides is 2. The first kappa shape index (κ1) is 18.4. The van der Waals surface area contributed by atoms with Crippen LogP contribution in [0.5, 0.6) is 0 Å². The van der Waals surface area contributed by atoms with Gasteiger partial charge in [0.15, 0.2) is 0 Å². The van der Waals surface area contributed by atoms with Crippen molar-refractivity contribution in [3.63, 3.8) is 0 Å². The van der Waals surface area contributed by atoms with Gasteiger partial charge in [0.1, 0.15) is 0 Å². The molecule has 1 spiro atoms. The lowest BCUT2D eigenvalue weighted by Gasteiger charge is -2.36. The predicted molar refractivity (Wildman–Crippen MR) is 101 cm³/mol. The Morgan fingerprint density at radius 1 is 1.19 bits per heavy atom. The van der Waals surface area contributed by atoms with Crippen molar-refractivity contribution in [3.05, 3.63) is 17.0 Å². The van der Waals surface area contributed by atoms with Crippen LogP contribution in [0.2, 0.25) is 0 Å². The van der Waals surface area contributed by atoms with E-state index in [1.165, 1.54) is 0 Å². The van der Waals surface area contributed by atoms with Gasteiger partial charge in [0.2, 0.25) is 5.95 Å². The summed E-state index contributed by atoms with van der Waals surface area (Å²) in [6, 6.07) is 0.120. The minimum atomic E-state index is -0.239. The number of hydrogen-bond donors (Lipinski definition) is 1. The number of urea groups is 1. The molecule has 1 aromatic rings. The number of hydrogen-bond acceptors (Lipinski definition) is 6. The molecule has 2 saturated heterocycles. The predicted octanol–water partition coefficient (Wildman–Crippen LogP) is 1.21. The van der Waals surface area contributed by atoms with E-state index in [1.807, 2.05) is 25.7 Å². The smallest absolute Gasteiger partial charge is 0.317 e. The number of aromatic nitrogens is 2. The lowest BCUT2D eigenvalue weighted by atomic mass is 9.80. The van der Waals surface area contributed by atoms with Crippen molar-refractivity contribution in [1.82, 2.24) is 20.2 Å². The largest absolute Gasteiger partial charge is 0.378 e. The first-order chi connectivity index (χ1) is 13.0. The van der Waals surface area contributed by atoms with E-state index in [0.29, 0.717) is 33.0 Å². The minimum absolute atomic E-state index is 0.00632. The van der Waals surface area contributed by atoms with E-state index in [-0.39, 0.29) is 17.5 Å². The number of nitrogens with one attached hydrogen (secondary N) is 1. The zero-order valence-electron chi connectivity index (χ0n) is 16.5. The van der Waals surface area contributed by atoms with Gasteiger partial charge in [-0.05, 0) is 27.2 Å². The lowest BCUT2D eigenvalue weighted by molar-refractivity contribution is 0.0512. The van der Waals surface area contributed by atoms with Gasteiger partial charge < -0.3 is 24.6 Å². The SMILES string of the molecule is Cc1nc(N2CCOCC2)nc2c1COCC21CCN(C(=O)NC(C)C)C1. The number of carbonyl (C=O) groups excluding carboxylic acids is 1. The second-order valence-electron chi connectivity index (χ2n) is 8.08. The molecule has 3 aliphatic rings. The summed E-state index contributed by atoms with van der Waals surface area (Å²) < 4.78 is 11.4. The van der Waals surface area contributed by atoms with Crippen LogP contribution in [0.3, 0.4) is 0 Å². The summed E-state index contributed by atoms with van der Waals surface area (Å²) in [7, 11) is 0. The van der Waals surface area contributed by atoms with E-state index in [0.717, 1.165) is 49.0 Å². The van der Waals surface area contributed by atoms with Crippen molar-refractivity contribution in [1.29, 1.82) is 0 Å². The topological polar surface area (TPSA) is 79.8 Å². The van der Waals surface area contributed by atoms with Crippen LogP contribution in [0, 0.1) is 6.92 Å². The summed E-state index contributed by atoms with van der Waals surface area (Å²) in [5.74, 6) is 0.779. The molecule has 4 rings (SSSR count). The fourth-order valence-electron chi connectivity index (χ4n) is 4.21. The molecule has 0 aromatic carbocycles. The zero-order chi connectivity index (χ0) is 19.0. The fraction of sp³-hybridized carbons (Fsp3) is 0.737. The molecule has 0 bridgehead atoms. The molecule has 27 heavy (non-hydrogen) atoms. The summed E-state index contributed by atoms with van der Waals surface area (Å²) in [6.07, 6.45) is 0.866. The summed E-state index contributed by atoms with van der Waals surface area (Å²) in [4.78, 5) is 26.3. The van der Waals surface area contributed by atoms with Crippen molar-refractivity contribution in [2.75, 3.05) is 50.9 Å². The highest BCUT2D eigenvalue weighted by atomic mass is 16.5. The average Bonchev–Trinajstić information content (AvgIpc) is 3.08. The molecule has 1 unspecified atom stereocenters. The molecule has 3 aliphatic heterocycles. The molecule has 4 heterocycles. The molecule has 0 saturated carbocycles. The van der Waals surface area contributed by atoms with Crippen LogP contribution in [-0.2, 0) is 21.5 Å². The second kappa shape index (κ2) is 7.24. The third kappa shape index (κ3) is 3.48. The Labute approximate surface area is 160 Å². The highest BCUT2D eigenvalue weighted by molar-refractivity contribution is 5.75. The first-order valence-electron chi connectivity index (χ1n) is 9.82. The van der Waals surface area contributed by atoms with Crippen LogP contribution in [-0.4, -0.2) is 72.9 Å². The van der Waals surface area contributed by atoms with Gasteiger partial charge in [-0.3, -0.25) is 0 Å². The summed E-state index contributed by atoms with van der Waals surface area (Å²) in [5, 5.41) is 3.00. The molecule has 2 amide bonds. The Balaban J connectivity index is 1.64.